The summed E-state index contributed by atoms with van der Waals surface area (Å²) in [4.78, 5) is 16.9. The van der Waals surface area contributed by atoms with Crippen LogP contribution >= 0.6 is 0 Å². The summed E-state index contributed by atoms with van der Waals surface area (Å²) in [6, 6.07) is 9.96. The molecule has 0 amide bonds. The predicted octanol–water partition coefficient (Wildman–Crippen LogP) is 4.56. The van der Waals surface area contributed by atoms with Crippen molar-refractivity contribution in [3.63, 3.8) is 0 Å². The molecular formula is C22H16F2N4O. The number of fused-ring (bicyclic) bond motifs is 1. The molecule has 5 nitrogen and oxygen atoms in total. The normalized spacial score (nSPS) is 11.2. The van der Waals surface area contributed by atoms with Crippen LogP contribution in [0.5, 0.6) is 0 Å². The van der Waals surface area contributed by atoms with Gasteiger partial charge in [0.15, 0.2) is 0 Å². The molecule has 0 atom stereocenters. The van der Waals surface area contributed by atoms with E-state index in [2.05, 4.69) is 4.98 Å². The van der Waals surface area contributed by atoms with Crippen LogP contribution in [0, 0.1) is 23.0 Å². The van der Waals surface area contributed by atoms with Crippen molar-refractivity contribution in [2.75, 3.05) is 0 Å². The second kappa shape index (κ2) is 6.99. The lowest BCUT2D eigenvalue weighted by atomic mass is 9.97. The number of benzene rings is 2. The molecule has 4 rings (SSSR count). The minimum Gasteiger partial charge on any atom is -0.308 e. The second-order valence-electron chi connectivity index (χ2n) is 6.94. The first kappa shape index (κ1) is 18.6. The molecule has 144 valence electrons. The molecule has 2 aromatic carbocycles. The van der Waals surface area contributed by atoms with Crippen LogP contribution < -0.4 is 5.56 Å². The molecule has 0 aliphatic carbocycles. The Morgan fingerprint density at radius 1 is 1.07 bits per heavy atom. The average Bonchev–Trinajstić information content (AvgIpc) is 3.13. The van der Waals surface area contributed by atoms with E-state index in [0.717, 1.165) is 6.07 Å². The third-order valence-electron chi connectivity index (χ3n) is 4.81. The number of nitrogens with zero attached hydrogens (tertiary/aromatic N) is 4. The molecule has 2 heterocycles. The molecule has 0 saturated carbocycles. The van der Waals surface area contributed by atoms with Gasteiger partial charge in [0.1, 0.15) is 11.6 Å². The van der Waals surface area contributed by atoms with Gasteiger partial charge in [0, 0.05) is 35.1 Å². The molecule has 0 N–H and O–H groups in total. The van der Waals surface area contributed by atoms with Crippen LogP contribution in [0.4, 0.5) is 8.78 Å². The van der Waals surface area contributed by atoms with Crippen LogP contribution in [0.3, 0.4) is 0 Å². The monoisotopic (exact) mass is 390 g/mol. The maximum atomic E-state index is 14.6. The van der Waals surface area contributed by atoms with Gasteiger partial charge in [-0.05, 0) is 44.2 Å². The minimum absolute atomic E-state index is 0.00653. The molecule has 2 aromatic heterocycles. The van der Waals surface area contributed by atoms with Crippen LogP contribution in [0.25, 0.3) is 28.0 Å². The zero-order chi connectivity index (χ0) is 20.7. The summed E-state index contributed by atoms with van der Waals surface area (Å²) in [5, 5.41) is 9.30. The van der Waals surface area contributed by atoms with Gasteiger partial charge in [0.2, 0.25) is 5.65 Å². The van der Waals surface area contributed by atoms with E-state index in [1.54, 1.807) is 39.7 Å². The largest absolute Gasteiger partial charge is 0.308 e. The van der Waals surface area contributed by atoms with E-state index in [1.165, 1.54) is 18.2 Å². The van der Waals surface area contributed by atoms with Crippen LogP contribution in [-0.2, 0) is 0 Å². The number of hydrogen-bond acceptors (Lipinski definition) is 3. The highest BCUT2D eigenvalue weighted by Gasteiger charge is 2.16. The Morgan fingerprint density at radius 2 is 1.86 bits per heavy atom. The van der Waals surface area contributed by atoms with Crippen LogP contribution in [0.2, 0.25) is 0 Å². The zero-order valence-corrected chi connectivity index (χ0v) is 15.7. The molecule has 4 aromatic rings. The maximum absolute atomic E-state index is 14.6. The van der Waals surface area contributed by atoms with Gasteiger partial charge in [-0.1, -0.05) is 6.07 Å². The van der Waals surface area contributed by atoms with E-state index < -0.39 is 11.6 Å². The number of hydrogen-bond donors (Lipinski definition) is 0. The van der Waals surface area contributed by atoms with Crippen molar-refractivity contribution >= 4 is 5.65 Å². The van der Waals surface area contributed by atoms with E-state index in [1.807, 2.05) is 19.9 Å². The Balaban J connectivity index is 1.91. The highest BCUT2D eigenvalue weighted by Crippen LogP contribution is 2.31. The number of nitriles is 1. The minimum atomic E-state index is -0.565. The number of aromatic nitrogens is 3. The summed E-state index contributed by atoms with van der Waals surface area (Å²) in [6.07, 6.45) is 4.97. The van der Waals surface area contributed by atoms with E-state index >= 15 is 0 Å². The molecule has 0 radical (unpaired) electrons. The van der Waals surface area contributed by atoms with E-state index in [4.69, 9.17) is 0 Å². The fourth-order valence-electron chi connectivity index (χ4n) is 3.35. The SMILES string of the molecule is CC(C)n1ccn2c(-c3ccc(F)c(-c4ccc(F)cc4C#N)c3)cnc2c1=O. The predicted molar refractivity (Wildman–Crippen MR) is 105 cm³/mol. The average molecular weight is 390 g/mol. The van der Waals surface area contributed by atoms with Crippen molar-refractivity contribution in [1.82, 2.24) is 14.0 Å². The standard InChI is InChI=1S/C22H16F2N4O/c1-13(2)27-7-8-28-20(12-26-21(28)22(27)29)14-3-6-19(24)18(10-14)17-5-4-16(23)9-15(17)11-25/h3-10,12-13H,1-2H3. The Morgan fingerprint density at radius 3 is 2.59 bits per heavy atom. The summed E-state index contributed by atoms with van der Waals surface area (Å²) < 4.78 is 31.3. The fraction of sp³-hybridized carbons (Fsp3) is 0.136. The van der Waals surface area contributed by atoms with Crippen molar-refractivity contribution < 1.29 is 8.78 Å². The topological polar surface area (TPSA) is 63.1 Å². The molecule has 0 spiro atoms. The van der Waals surface area contributed by atoms with Crippen molar-refractivity contribution in [1.29, 1.82) is 5.26 Å². The first-order chi connectivity index (χ1) is 13.9. The Bertz CT molecular complexity index is 1350. The van der Waals surface area contributed by atoms with Gasteiger partial charge < -0.3 is 4.57 Å². The van der Waals surface area contributed by atoms with Gasteiger partial charge in [0.25, 0.3) is 5.56 Å². The Kier molecular flexibility index (Phi) is 4.47. The molecule has 0 unspecified atom stereocenters. The lowest BCUT2D eigenvalue weighted by Gasteiger charge is -2.11. The molecule has 0 aliphatic heterocycles. The van der Waals surface area contributed by atoms with E-state index in [0.29, 0.717) is 16.8 Å². The van der Waals surface area contributed by atoms with Crippen molar-refractivity contribution in [2.24, 2.45) is 0 Å². The van der Waals surface area contributed by atoms with Crippen molar-refractivity contribution in [3.05, 3.63) is 82.5 Å². The van der Waals surface area contributed by atoms with Gasteiger partial charge in [-0.25, -0.2) is 13.8 Å². The molecule has 0 aliphatic rings. The summed E-state index contributed by atoms with van der Waals surface area (Å²) in [7, 11) is 0. The van der Waals surface area contributed by atoms with E-state index in [9.17, 15) is 18.8 Å². The van der Waals surface area contributed by atoms with Crippen LogP contribution in [0.15, 0.2) is 59.8 Å². The lowest BCUT2D eigenvalue weighted by Crippen LogP contribution is -2.23. The molecule has 0 bridgehead atoms. The second-order valence-corrected chi connectivity index (χ2v) is 6.94. The molecule has 7 heteroatoms. The molecule has 0 fully saturated rings. The molecule has 29 heavy (non-hydrogen) atoms. The van der Waals surface area contributed by atoms with Gasteiger partial charge in [-0.2, -0.15) is 5.26 Å². The van der Waals surface area contributed by atoms with Gasteiger partial charge in [0.05, 0.1) is 23.5 Å². The van der Waals surface area contributed by atoms with Gasteiger partial charge in [-0.15, -0.1) is 0 Å². The Hall–Kier alpha value is -3.79. The van der Waals surface area contributed by atoms with Crippen LogP contribution in [0.1, 0.15) is 25.5 Å². The summed E-state index contributed by atoms with van der Waals surface area (Å²) in [5.74, 6) is -1.10. The quantitative estimate of drug-likeness (QED) is 0.515. The summed E-state index contributed by atoms with van der Waals surface area (Å²) in [5.41, 5.74) is 1.77. The van der Waals surface area contributed by atoms with E-state index in [-0.39, 0.29) is 28.4 Å². The highest BCUT2D eigenvalue weighted by molar-refractivity contribution is 5.76. The van der Waals surface area contributed by atoms with Gasteiger partial charge in [-0.3, -0.25) is 9.20 Å². The number of rotatable bonds is 3. The first-order valence-electron chi connectivity index (χ1n) is 8.99. The summed E-state index contributed by atoms with van der Waals surface area (Å²) in [6.45, 7) is 3.81. The van der Waals surface area contributed by atoms with Gasteiger partial charge >= 0.3 is 0 Å². The molecule has 0 saturated heterocycles. The maximum Gasteiger partial charge on any atom is 0.294 e. The fourth-order valence-corrected chi connectivity index (χ4v) is 3.35. The summed E-state index contributed by atoms with van der Waals surface area (Å²) >= 11 is 0. The Labute approximate surface area is 165 Å². The number of halogens is 2. The van der Waals surface area contributed by atoms with Crippen LogP contribution in [-0.4, -0.2) is 14.0 Å². The third kappa shape index (κ3) is 3.09. The van der Waals surface area contributed by atoms with Crippen molar-refractivity contribution in [2.45, 2.75) is 19.9 Å². The number of imidazole rings is 1. The van der Waals surface area contributed by atoms with Crippen molar-refractivity contribution in [3.8, 4) is 28.5 Å². The zero-order valence-electron chi connectivity index (χ0n) is 15.7. The molecular weight excluding hydrogens is 374 g/mol. The highest BCUT2D eigenvalue weighted by atomic mass is 19.1. The smallest absolute Gasteiger partial charge is 0.294 e. The first-order valence-corrected chi connectivity index (χ1v) is 8.99. The third-order valence-corrected chi connectivity index (χ3v) is 4.81. The lowest BCUT2D eigenvalue weighted by molar-refractivity contribution is 0.576.